The zero-order valence-electron chi connectivity index (χ0n) is 39.5. The summed E-state index contributed by atoms with van der Waals surface area (Å²) < 4.78 is 5.29. The lowest BCUT2D eigenvalue weighted by molar-refractivity contribution is 0.195. The standard InChI is InChI=1S/C64H48BN3S2/c1-62-33-13-14-34-63(62,2)68(50-24-10-9-21-47(50)62)42-35-53-61-54(36-42)67(41-30-32-46-44-20-8-12-28-56(44)70-58(46)38-41)52-26-16-23-49-60(52)65(61)59-48(64(49,3)39-17-5-4-6-18-39)22-15-25-51(59)66(53)40-29-31-45-43-19-7-11-27-55(43)69-57(45)37-40/h4-12,15-32,35-38H,13-14,33-34H2,1-3H3. The minimum atomic E-state index is -0.412. The van der Waals surface area contributed by atoms with Gasteiger partial charge in [-0.1, -0.05) is 141 Å². The Hall–Kier alpha value is -7.12. The van der Waals surface area contributed by atoms with Crippen molar-refractivity contribution in [1.82, 2.24) is 0 Å². The van der Waals surface area contributed by atoms with E-state index in [0.717, 1.165) is 6.42 Å². The van der Waals surface area contributed by atoms with Crippen LogP contribution in [0.5, 0.6) is 0 Å². The molecule has 1 aliphatic carbocycles. The molecule has 0 N–H and O–H groups in total. The van der Waals surface area contributed by atoms with E-state index in [1.165, 1.54) is 144 Å². The number of para-hydroxylation sites is 1. The lowest BCUT2D eigenvalue weighted by Crippen LogP contribution is -2.67. The molecule has 1 fully saturated rings. The third kappa shape index (κ3) is 4.86. The highest BCUT2D eigenvalue weighted by atomic mass is 32.1. The number of benzene rings is 9. The number of thiophene rings is 2. The van der Waals surface area contributed by atoms with Crippen LogP contribution in [0.25, 0.3) is 40.3 Å². The number of rotatable bonds is 4. The van der Waals surface area contributed by atoms with E-state index >= 15 is 0 Å². The third-order valence-electron chi connectivity index (χ3n) is 18.1. The summed E-state index contributed by atoms with van der Waals surface area (Å²) >= 11 is 3.81. The molecule has 2 unspecified atom stereocenters. The number of fused-ring (bicyclic) bond motifs is 9. The van der Waals surface area contributed by atoms with Crippen molar-refractivity contribution >= 4 is 132 Å². The number of nitrogens with zero attached hydrogens (tertiary/aromatic N) is 3. The van der Waals surface area contributed by atoms with Gasteiger partial charge in [0.1, 0.15) is 0 Å². The molecule has 16 rings (SSSR count). The van der Waals surface area contributed by atoms with E-state index in [9.17, 15) is 0 Å². The first-order chi connectivity index (χ1) is 34.3. The second-order valence-electron chi connectivity index (χ2n) is 21.2. The Bertz CT molecular complexity index is 3880. The summed E-state index contributed by atoms with van der Waals surface area (Å²) in [6, 6.07) is 72.7. The van der Waals surface area contributed by atoms with Gasteiger partial charge in [-0.25, -0.2) is 0 Å². The molecule has 3 nitrogen and oxygen atoms in total. The molecular weight excluding hydrogens is 886 g/mol. The van der Waals surface area contributed by atoms with Crippen LogP contribution in [0.2, 0.25) is 0 Å². The van der Waals surface area contributed by atoms with Gasteiger partial charge in [-0.05, 0) is 132 Å². The fourth-order valence-corrected chi connectivity index (χ4v) is 16.9. The molecule has 9 aromatic carbocycles. The quantitative estimate of drug-likeness (QED) is 0.163. The predicted molar refractivity (Wildman–Crippen MR) is 301 cm³/mol. The van der Waals surface area contributed by atoms with Crippen LogP contribution in [0.3, 0.4) is 0 Å². The SMILES string of the molecule is CC1(c2ccccc2)c2cccc3c2B2c4c(cc(N5c6ccccc6C6(C)CCCCC56C)cc4N(c4ccc5c(c4)sc4ccccc45)c4cccc1c42)N3c1ccc2c(c1)sc1ccccc12. The molecule has 4 aliphatic heterocycles. The van der Waals surface area contributed by atoms with Gasteiger partial charge in [-0.3, -0.25) is 0 Å². The molecule has 0 bridgehead atoms. The van der Waals surface area contributed by atoms with Crippen molar-refractivity contribution in [2.45, 2.75) is 62.8 Å². The van der Waals surface area contributed by atoms with Crippen molar-refractivity contribution in [3.05, 3.63) is 210 Å². The zero-order chi connectivity index (χ0) is 46.3. The average Bonchev–Trinajstić information content (AvgIpc) is 4.03. The lowest BCUT2D eigenvalue weighted by Gasteiger charge is -2.52. The predicted octanol–water partition coefficient (Wildman–Crippen LogP) is 15.9. The van der Waals surface area contributed by atoms with Crippen LogP contribution in [0, 0.1) is 0 Å². The van der Waals surface area contributed by atoms with Gasteiger partial charge in [0.15, 0.2) is 0 Å². The monoisotopic (exact) mass is 933 g/mol. The molecule has 334 valence electrons. The largest absolute Gasteiger partial charge is 0.334 e. The van der Waals surface area contributed by atoms with Gasteiger partial charge in [0.25, 0.3) is 6.71 Å². The van der Waals surface area contributed by atoms with Crippen LogP contribution >= 0.6 is 22.7 Å². The van der Waals surface area contributed by atoms with Crippen LogP contribution < -0.4 is 31.1 Å². The Labute approximate surface area is 417 Å². The van der Waals surface area contributed by atoms with E-state index in [-0.39, 0.29) is 17.7 Å². The summed E-state index contributed by atoms with van der Waals surface area (Å²) in [5, 5.41) is 5.30. The number of anilines is 8. The first-order valence-corrected chi connectivity index (χ1v) is 26.8. The van der Waals surface area contributed by atoms with Crippen LogP contribution in [0.4, 0.5) is 45.5 Å². The van der Waals surface area contributed by atoms with E-state index in [4.69, 9.17) is 0 Å². The van der Waals surface area contributed by atoms with Gasteiger partial charge in [0.05, 0.1) is 5.54 Å². The first kappa shape index (κ1) is 39.7. The van der Waals surface area contributed by atoms with Crippen molar-refractivity contribution < 1.29 is 0 Å². The molecule has 2 aromatic heterocycles. The molecule has 0 saturated heterocycles. The van der Waals surface area contributed by atoms with Gasteiger partial charge in [-0.15, -0.1) is 22.7 Å². The molecule has 6 heterocycles. The molecule has 1 saturated carbocycles. The van der Waals surface area contributed by atoms with E-state index in [0.29, 0.717) is 0 Å². The van der Waals surface area contributed by atoms with Crippen LogP contribution in [0.15, 0.2) is 188 Å². The highest BCUT2D eigenvalue weighted by Gasteiger charge is 2.59. The fourth-order valence-electron chi connectivity index (χ4n) is 14.7. The Kier molecular flexibility index (Phi) is 7.83. The first-order valence-electron chi connectivity index (χ1n) is 25.2. The zero-order valence-corrected chi connectivity index (χ0v) is 41.1. The number of hydrogen-bond acceptors (Lipinski definition) is 5. The maximum Gasteiger partial charge on any atom is 0.252 e. The van der Waals surface area contributed by atoms with Crippen LogP contribution in [-0.2, 0) is 10.8 Å². The van der Waals surface area contributed by atoms with Crippen molar-refractivity contribution in [3.63, 3.8) is 0 Å². The van der Waals surface area contributed by atoms with Crippen LogP contribution in [-0.4, -0.2) is 12.3 Å². The highest BCUT2D eigenvalue weighted by Crippen LogP contribution is 2.62. The molecule has 6 heteroatoms. The molecule has 2 atom stereocenters. The Balaban J connectivity index is 1.05. The van der Waals surface area contributed by atoms with Gasteiger partial charge in [-0.2, -0.15) is 0 Å². The van der Waals surface area contributed by atoms with Crippen molar-refractivity contribution in [2.75, 3.05) is 14.7 Å². The van der Waals surface area contributed by atoms with Crippen molar-refractivity contribution in [3.8, 4) is 0 Å². The summed E-state index contributed by atoms with van der Waals surface area (Å²) in [5.41, 5.74) is 19.4. The normalized spacial score (nSPS) is 20.1. The maximum atomic E-state index is 2.80. The summed E-state index contributed by atoms with van der Waals surface area (Å²) in [7, 11) is 0. The minimum absolute atomic E-state index is 0.0149. The molecule has 70 heavy (non-hydrogen) atoms. The van der Waals surface area contributed by atoms with E-state index < -0.39 is 5.41 Å². The summed E-state index contributed by atoms with van der Waals surface area (Å²) in [6.45, 7) is 7.66. The molecule has 11 aromatic rings. The van der Waals surface area contributed by atoms with Gasteiger partial charge in [0, 0.05) is 96.7 Å². The van der Waals surface area contributed by atoms with Gasteiger partial charge < -0.3 is 14.7 Å². The maximum absolute atomic E-state index is 2.80. The average molecular weight is 934 g/mol. The third-order valence-corrected chi connectivity index (χ3v) is 20.3. The second-order valence-corrected chi connectivity index (χ2v) is 23.4. The molecule has 0 amide bonds. The second kappa shape index (κ2) is 13.8. The summed E-state index contributed by atoms with van der Waals surface area (Å²) in [4.78, 5) is 8.14. The van der Waals surface area contributed by atoms with E-state index in [1.54, 1.807) is 0 Å². The Morgan fingerprint density at radius 3 is 1.51 bits per heavy atom. The summed E-state index contributed by atoms with van der Waals surface area (Å²) in [6.07, 6.45) is 4.81. The minimum Gasteiger partial charge on any atom is -0.334 e. The van der Waals surface area contributed by atoms with Crippen molar-refractivity contribution in [1.29, 1.82) is 0 Å². The van der Waals surface area contributed by atoms with Crippen LogP contribution in [0.1, 0.15) is 68.7 Å². The lowest BCUT2D eigenvalue weighted by atomic mass is 9.28. The Morgan fingerprint density at radius 2 is 0.900 bits per heavy atom. The molecule has 5 aliphatic rings. The smallest absolute Gasteiger partial charge is 0.252 e. The molecular formula is C64H48BN3S2. The van der Waals surface area contributed by atoms with Gasteiger partial charge >= 0.3 is 0 Å². The van der Waals surface area contributed by atoms with Gasteiger partial charge in [0.2, 0.25) is 0 Å². The molecule has 0 spiro atoms. The van der Waals surface area contributed by atoms with E-state index in [1.807, 2.05) is 22.7 Å². The number of hydrogen-bond donors (Lipinski definition) is 0. The fraction of sp³-hybridized carbons (Fsp3) is 0.156. The molecule has 0 radical (unpaired) electrons. The van der Waals surface area contributed by atoms with Crippen molar-refractivity contribution in [2.24, 2.45) is 0 Å². The Morgan fingerprint density at radius 1 is 0.400 bits per heavy atom. The summed E-state index contributed by atoms with van der Waals surface area (Å²) in [5.74, 6) is 0. The van der Waals surface area contributed by atoms with E-state index in [2.05, 4.69) is 224 Å². The topological polar surface area (TPSA) is 9.72 Å². The highest BCUT2D eigenvalue weighted by molar-refractivity contribution is 7.26.